The van der Waals surface area contributed by atoms with Gasteiger partial charge in [-0.3, -0.25) is 15.0 Å². The molecule has 0 aliphatic heterocycles. The van der Waals surface area contributed by atoms with Crippen molar-refractivity contribution in [3.8, 4) is 5.75 Å². The van der Waals surface area contributed by atoms with Gasteiger partial charge in [-0.2, -0.15) is 0 Å². The van der Waals surface area contributed by atoms with Crippen molar-refractivity contribution >= 4 is 17.5 Å². The van der Waals surface area contributed by atoms with Crippen LogP contribution < -0.4 is 16.6 Å². The average Bonchev–Trinajstić information content (AvgIpc) is 2.49. The van der Waals surface area contributed by atoms with Crippen LogP contribution in [-0.4, -0.2) is 16.9 Å². The molecule has 5 N–H and O–H groups in total. The minimum absolute atomic E-state index is 0.0154. The first-order chi connectivity index (χ1) is 9.61. The van der Waals surface area contributed by atoms with E-state index >= 15 is 0 Å². The number of phenols is 1. The number of aromatic hydroxyl groups is 1. The van der Waals surface area contributed by atoms with E-state index in [1.165, 1.54) is 18.2 Å². The van der Waals surface area contributed by atoms with Gasteiger partial charge in [0.15, 0.2) is 0 Å². The highest BCUT2D eigenvalue weighted by molar-refractivity contribution is 6.05. The number of anilines is 1. The van der Waals surface area contributed by atoms with E-state index in [2.05, 4.69) is 5.32 Å². The van der Waals surface area contributed by atoms with Crippen molar-refractivity contribution in [2.75, 3.05) is 5.32 Å². The van der Waals surface area contributed by atoms with Gasteiger partial charge in [0.1, 0.15) is 5.75 Å². The molecule has 0 saturated carbocycles. The van der Waals surface area contributed by atoms with Crippen molar-refractivity contribution in [3.05, 3.63) is 59.7 Å². The Balaban J connectivity index is 2.22. The number of carbonyl (C=O) groups is 2. The van der Waals surface area contributed by atoms with Crippen LogP contribution in [-0.2, 0) is 0 Å². The zero-order chi connectivity index (χ0) is 14.5. The molecule has 6 heteroatoms. The number of nitrogen functional groups attached to an aromatic ring is 1. The molecule has 2 rings (SSSR count). The molecule has 2 aromatic carbocycles. The summed E-state index contributed by atoms with van der Waals surface area (Å²) in [6.45, 7) is 0. The second-order valence-electron chi connectivity index (χ2n) is 4.03. The molecule has 0 radical (unpaired) electrons. The van der Waals surface area contributed by atoms with E-state index in [1.807, 2.05) is 5.43 Å². The van der Waals surface area contributed by atoms with Crippen LogP contribution in [0, 0.1) is 0 Å². The van der Waals surface area contributed by atoms with E-state index < -0.39 is 5.91 Å². The normalized spacial score (nSPS) is 9.85. The van der Waals surface area contributed by atoms with E-state index in [1.54, 1.807) is 30.3 Å². The van der Waals surface area contributed by atoms with E-state index in [9.17, 15) is 14.7 Å². The second-order valence-corrected chi connectivity index (χ2v) is 4.03. The number of rotatable bonds is 3. The zero-order valence-corrected chi connectivity index (χ0v) is 10.5. The molecule has 0 bridgehead atoms. The molecular formula is C14H13N3O3. The van der Waals surface area contributed by atoms with Gasteiger partial charge in [0.05, 0.1) is 5.56 Å². The standard InChI is InChI=1S/C14H13N3O3/c15-17-14(20)11-8-10(6-7-12(11)18)16-13(19)9-4-2-1-3-5-9/h1-8,18H,15H2,(H,16,19)(H,17,20). The fourth-order valence-electron chi connectivity index (χ4n) is 1.67. The lowest BCUT2D eigenvalue weighted by Gasteiger charge is -2.08. The van der Waals surface area contributed by atoms with Gasteiger partial charge in [-0.1, -0.05) is 18.2 Å². The number of carbonyl (C=O) groups excluding carboxylic acids is 2. The Kier molecular flexibility index (Phi) is 3.97. The molecule has 0 aliphatic rings. The quantitative estimate of drug-likeness (QED) is 0.292. The average molecular weight is 271 g/mol. The fraction of sp³-hybridized carbons (Fsp3) is 0. The molecule has 2 aromatic rings. The number of phenolic OH excluding ortho intramolecular Hbond substituents is 1. The number of benzene rings is 2. The predicted octanol–water partition coefficient (Wildman–Crippen LogP) is 1.25. The molecule has 0 atom stereocenters. The third kappa shape index (κ3) is 2.93. The van der Waals surface area contributed by atoms with Gasteiger partial charge in [-0.25, -0.2) is 5.84 Å². The lowest BCUT2D eigenvalue weighted by atomic mass is 10.1. The lowest BCUT2D eigenvalue weighted by molar-refractivity contribution is 0.0949. The summed E-state index contributed by atoms with van der Waals surface area (Å²) < 4.78 is 0. The maximum atomic E-state index is 12.0. The molecule has 2 amide bonds. The summed E-state index contributed by atoms with van der Waals surface area (Å²) in [6.07, 6.45) is 0. The molecule has 0 unspecified atom stereocenters. The summed E-state index contributed by atoms with van der Waals surface area (Å²) in [5.74, 6) is 3.85. The Bertz CT molecular complexity index is 641. The Labute approximate surface area is 115 Å². The highest BCUT2D eigenvalue weighted by atomic mass is 16.3. The number of hydrogen-bond donors (Lipinski definition) is 4. The highest BCUT2D eigenvalue weighted by Crippen LogP contribution is 2.21. The molecule has 6 nitrogen and oxygen atoms in total. The Morgan fingerprint density at radius 1 is 1.00 bits per heavy atom. The first-order valence-electron chi connectivity index (χ1n) is 5.82. The van der Waals surface area contributed by atoms with Crippen LogP contribution in [0.25, 0.3) is 0 Å². The lowest BCUT2D eigenvalue weighted by Crippen LogP contribution is -2.30. The van der Waals surface area contributed by atoms with Crippen molar-refractivity contribution in [1.29, 1.82) is 0 Å². The number of hydrazine groups is 1. The summed E-state index contributed by atoms with van der Waals surface area (Å²) in [7, 11) is 0. The minimum Gasteiger partial charge on any atom is -0.507 e. The molecule has 20 heavy (non-hydrogen) atoms. The molecule has 0 spiro atoms. The third-order valence-corrected chi connectivity index (χ3v) is 2.67. The minimum atomic E-state index is -0.640. The molecule has 0 fully saturated rings. The fourth-order valence-corrected chi connectivity index (χ4v) is 1.67. The van der Waals surface area contributed by atoms with Gasteiger partial charge in [-0.15, -0.1) is 0 Å². The smallest absolute Gasteiger partial charge is 0.269 e. The molecule has 0 aromatic heterocycles. The summed E-state index contributed by atoms with van der Waals surface area (Å²) in [6, 6.07) is 12.8. The van der Waals surface area contributed by atoms with E-state index in [4.69, 9.17) is 5.84 Å². The van der Waals surface area contributed by atoms with E-state index in [0.717, 1.165) is 0 Å². The highest BCUT2D eigenvalue weighted by Gasteiger charge is 2.12. The van der Waals surface area contributed by atoms with Crippen LogP contribution in [0.1, 0.15) is 20.7 Å². The molecule has 102 valence electrons. The third-order valence-electron chi connectivity index (χ3n) is 2.67. The van der Waals surface area contributed by atoms with Crippen molar-refractivity contribution in [3.63, 3.8) is 0 Å². The molecule has 0 aliphatic carbocycles. The second kappa shape index (κ2) is 5.85. The number of nitrogens with two attached hydrogens (primary N) is 1. The molecular weight excluding hydrogens is 258 g/mol. The largest absolute Gasteiger partial charge is 0.507 e. The summed E-state index contributed by atoms with van der Waals surface area (Å²) in [4.78, 5) is 23.4. The summed E-state index contributed by atoms with van der Waals surface area (Å²) >= 11 is 0. The van der Waals surface area contributed by atoms with Gasteiger partial charge in [0, 0.05) is 11.3 Å². The van der Waals surface area contributed by atoms with Crippen molar-refractivity contribution in [2.45, 2.75) is 0 Å². The number of nitrogens with one attached hydrogen (secondary N) is 2. The van der Waals surface area contributed by atoms with Crippen LogP contribution in [0.4, 0.5) is 5.69 Å². The number of hydrogen-bond acceptors (Lipinski definition) is 4. The number of amides is 2. The predicted molar refractivity (Wildman–Crippen MR) is 74.2 cm³/mol. The zero-order valence-electron chi connectivity index (χ0n) is 10.5. The maximum absolute atomic E-state index is 12.0. The monoisotopic (exact) mass is 271 g/mol. The van der Waals surface area contributed by atoms with Crippen molar-refractivity contribution in [1.82, 2.24) is 5.43 Å². The Morgan fingerprint density at radius 2 is 1.70 bits per heavy atom. The molecule has 0 saturated heterocycles. The van der Waals surface area contributed by atoms with Gasteiger partial charge in [-0.05, 0) is 30.3 Å². The van der Waals surface area contributed by atoms with Gasteiger partial charge in [0.25, 0.3) is 11.8 Å². The Morgan fingerprint density at radius 3 is 2.35 bits per heavy atom. The van der Waals surface area contributed by atoms with Gasteiger partial charge < -0.3 is 10.4 Å². The summed E-state index contributed by atoms with van der Waals surface area (Å²) in [5.41, 5.74) is 2.78. The first-order valence-corrected chi connectivity index (χ1v) is 5.82. The van der Waals surface area contributed by atoms with Crippen molar-refractivity contribution in [2.24, 2.45) is 5.84 Å². The van der Waals surface area contributed by atoms with Crippen LogP contribution in [0.15, 0.2) is 48.5 Å². The van der Waals surface area contributed by atoms with Gasteiger partial charge in [0.2, 0.25) is 0 Å². The molecule has 0 heterocycles. The van der Waals surface area contributed by atoms with Crippen LogP contribution in [0.3, 0.4) is 0 Å². The van der Waals surface area contributed by atoms with Gasteiger partial charge >= 0.3 is 0 Å². The van der Waals surface area contributed by atoms with E-state index in [0.29, 0.717) is 11.3 Å². The van der Waals surface area contributed by atoms with Crippen LogP contribution in [0.2, 0.25) is 0 Å². The Hall–Kier alpha value is -2.86. The van der Waals surface area contributed by atoms with Crippen LogP contribution in [0.5, 0.6) is 5.75 Å². The van der Waals surface area contributed by atoms with E-state index in [-0.39, 0.29) is 17.2 Å². The summed E-state index contributed by atoms with van der Waals surface area (Å²) in [5, 5.41) is 12.2. The van der Waals surface area contributed by atoms with Crippen molar-refractivity contribution < 1.29 is 14.7 Å². The van der Waals surface area contributed by atoms with Crippen LogP contribution >= 0.6 is 0 Å². The first kappa shape index (κ1) is 13.6. The topological polar surface area (TPSA) is 104 Å². The SMILES string of the molecule is NNC(=O)c1cc(NC(=O)c2ccccc2)ccc1O. The maximum Gasteiger partial charge on any atom is 0.269 e.